The molecule has 2 aromatic rings. The average molecular weight is 511 g/mol. The van der Waals surface area contributed by atoms with Crippen molar-refractivity contribution in [3.05, 3.63) is 61.8 Å². The van der Waals surface area contributed by atoms with Crippen LogP contribution in [0.25, 0.3) is 6.08 Å². The molecule has 9 heteroatoms. The number of carbonyl (C=O) groups is 1. The monoisotopic (exact) mass is 510 g/mol. The second-order valence-electron chi connectivity index (χ2n) is 8.17. The van der Waals surface area contributed by atoms with Crippen molar-refractivity contribution in [1.82, 2.24) is 9.47 Å². The van der Waals surface area contributed by atoms with Crippen molar-refractivity contribution >= 4 is 46.1 Å². The Morgan fingerprint density at radius 3 is 2.51 bits per heavy atom. The Labute approximate surface area is 215 Å². The van der Waals surface area contributed by atoms with E-state index in [1.54, 1.807) is 29.6 Å². The van der Waals surface area contributed by atoms with Gasteiger partial charge >= 0.3 is 0 Å². The molecular formula is C26H30N4O3S2. The van der Waals surface area contributed by atoms with Crippen LogP contribution in [0, 0.1) is 18.3 Å². The molecule has 7 nitrogen and oxygen atoms in total. The van der Waals surface area contributed by atoms with E-state index in [4.69, 9.17) is 17.0 Å². The highest BCUT2D eigenvalue weighted by atomic mass is 32.2. The van der Waals surface area contributed by atoms with E-state index >= 15 is 0 Å². The Hall–Kier alpha value is -3.09. The highest BCUT2D eigenvalue weighted by molar-refractivity contribution is 8.26. The number of hydrogen-bond donors (Lipinski definition) is 1. The minimum Gasteiger partial charge on any atom is -0.497 e. The van der Waals surface area contributed by atoms with Crippen LogP contribution in [-0.4, -0.2) is 33.3 Å². The van der Waals surface area contributed by atoms with E-state index in [1.807, 2.05) is 37.3 Å². The minimum atomic E-state index is -0.353. The molecule has 1 saturated heterocycles. The number of amides is 1. The summed E-state index contributed by atoms with van der Waals surface area (Å²) in [5.74, 6) is 1.19. The molecule has 0 radical (unpaired) electrons. The average Bonchev–Trinajstić information content (AvgIpc) is 3.12. The summed E-state index contributed by atoms with van der Waals surface area (Å²) in [6.07, 6.45) is 4.74. The molecule has 0 saturated carbocycles. The van der Waals surface area contributed by atoms with Gasteiger partial charge in [0.05, 0.1) is 12.0 Å². The molecule has 1 N–H and O–H groups in total. The lowest BCUT2D eigenvalue weighted by Gasteiger charge is -2.19. The van der Waals surface area contributed by atoms with Gasteiger partial charge in [-0.25, -0.2) is 0 Å². The number of nitriles is 1. The second-order valence-corrected chi connectivity index (χ2v) is 9.84. The smallest absolute Gasteiger partial charge is 0.270 e. The Kier molecular flexibility index (Phi) is 9.13. The fourth-order valence-electron chi connectivity index (χ4n) is 3.93. The minimum absolute atomic E-state index is 0.0755. The maximum absolute atomic E-state index is 13.1. The van der Waals surface area contributed by atoms with Gasteiger partial charge in [-0.1, -0.05) is 55.9 Å². The molecule has 1 aliphatic rings. The first-order valence-corrected chi connectivity index (χ1v) is 12.9. The number of anilines is 1. The standard InChI is InChI=1S/C26H30N4O3S2/c1-5-7-8-13-30-25(32)22(35-26(30)34)14-20-17(3)21(15-27)24(31)29(6-2)23(20)28-16-18-9-11-19(33-4)12-10-18/h9-12,14,28H,5-8,13,16H2,1-4H3/b22-14+. The molecule has 1 aromatic carbocycles. The third-order valence-corrected chi connectivity index (χ3v) is 7.32. The van der Waals surface area contributed by atoms with Gasteiger partial charge in [-0.05, 0) is 49.6 Å². The van der Waals surface area contributed by atoms with Gasteiger partial charge in [-0.2, -0.15) is 5.26 Å². The highest BCUT2D eigenvalue weighted by Crippen LogP contribution is 2.35. The molecule has 2 heterocycles. The van der Waals surface area contributed by atoms with Crippen molar-refractivity contribution in [3.63, 3.8) is 0 Å². The third kappa shape index (κ3) is 5.77. The number of methoxy groups -OCH3 is 1. The first-order chi connectivity index (χ1) is 16.9. The zero-order valence-electron chi connectivity index (χ0n) is 20.5. The number of carbonyl (C=O) groups excluding carboxylic acids is 1. The molecule has 0 bridgehead atoms. The van der Waals surface area contributed by atoms with Crippen molar-refractivity contribution < 1.29 is 9.53 Å². The SMILES string of the molecule is CCCCCN1C(=O)/C(=C\c2c(C)c(C#N)c(=O)n(CC)c2NCc2ccc(OC)cc2)SC1=S. The Balaban J connectivity index is 2.03. The van der Waals surface area contributed by atoms with Gasteiger partial charge in [0.25, 0.3) is 11.5 Å². The molecule has 1 amide bonds. The zero-order chi connectivity index (χ0) is 25.5. The lowest BCUT2D eigenvalue weighted by Crippen LogP contribution is -2.29. The predicted octanol–water partition coefficient (Wildman–Crippen LogP) is 5.06. The predicted molar refractivity (Wildman–Crippen MR) is 146 cm³/mol. The summed E-state index contributed by atoms with van der Waals surface area (Å²) < 4.78 is 7.30. The fraction of sp³-hybridized carbons (Fsp3) is 0.385. The number of aromatic nitrogens is 1. The van der Waals surface area contributed by atoms with Gasteiger partial charge in [0.15, 0.2) is 0 Å². The number of nitrogens with zero attached hydrogens (tertiary/aromatic N) is 3. The van der Waals surface area contributed by atoms with Gasteiger partial charge in [0.2, 0.25) is 0 Å². The molecule has 0 atom stereocenters. The van der Waals surface area contributed by atoms with Crippen molar-refractivity contribution in [2.24, 2.45) is 0 Å². The van der Waals surface area contributed by atoms with Crippen LogP contribution in [0.4, 0.5) is 5.82 Å². The molecule has 1 fully saturated rings. The van der Waals surface area contributed by atoms with Crippen LogP contribution in [0.2, 0.25) is 0 Å². The molecule has 1 aromatic heterocycles. The summed E-state index contributed by atoms with van der Waals surface area (Å²) >= 11 is 6.73. The van der Waals surface area contributed by atoms with Crippen LogP contribution in [0.5, 0.6) is 5.75 Å². The summed E-state index contributed by atoms with van der Waals surface area (Å²) in [5, 5.41) is 13.1. The lowest BCUT2D eigenvalue weighted by molar-refractivity contribution is -0.122. The summed E-state index contributed by atoms with van der Waals surface area (Å²) in [4.78, 5) is 28.3. The van der Waals surface area contributed by atoms with E-state index in [9.17, 15) is 14.9 Å². The van der Waals surface area contributed by atoms with Crippen LogP contribution >= 0.6 is 24.0 Å². The number of unbranched alkanes of at least 4 members (excludes halogenated alkanes) is 2. The molecule has 1 aliphatic heterocycles. The van der Waals surface area contributed by atoms with Gasteiger partial charge in [-0.15, -0.1) is 0 Å². The molecule has 184 valence electrons. The number of rotatable bonds is 10. The molecule has 35 heavy (non-hydrogen) atoms. The number of benzene rings is 1. The van der Waals surface area contributed by atoms with Crippen LogP contribution in [0.15, 0.2) is 34.0 Å². The summed E-state index contributed by atoms with van der Waals surface area (Å²) in [7, 11) is 1.62. The number of hydrogen-bond acceptors (Lipinski definition) is 7. The summed E-state index contributed by atoms with van der Waals surface area (Å²) in [5.41, 5.74) is 1.90. The van der Waals surface area contributed by atoms with E-state index in [0.29, 0.717) is 45.8 Å². The normalized spacial score (nSPS) is 14.5. The first kappa shape index (κ1) is 26.5. The zero-order valence-corrected chi connectivity index (χ0v) is 22.1. The second kappa shape index (κ2) is 12.0. The quantitative estimate of drug-likeness (QED) is 0.272. The Bertz CT molecular complexity index is 1240. The van der Waals surface area contributed by atoms with Crippen LogP contribution in [-0.2, 0) is 17.9 Å². The number of thioether (sulfide) groups is 1. The van der Waals surface area contributed by atoms with E-state index < -0.39 is 0 Å². The topological polar surface area (TPSA) is 87.4 Å². The molecule has 3 rings (SSSR count). The Morgan fingerprint density at radius 1 is 1.20 bits per heavy atom. The maximum atomic E-state index is 13.1. The fourth-order valence-corrected chi connectivity index (χ4v) is 5.22. The summed E-state index contributed by atoms with van der Waals surface area (Å²) in [6.45, 7) is 7.13. The number of ether oxygens (including phenoxy) is 1. The summed E-state index contributed by atoms with van der Waals surface area (Å²) in [6, 6.07) is 9.68. The molecule has 0 unspecified atom stereocenters. The number of pyridine rings is 1. The van der Waals surface area contributed by atoms with Gasteiger partial charge in [-0.3, -0.25) is 19.1 Å². The largest absolute Gasteiger partial charge is 0.497 e. The van der Waals surface area contributed by atoms with E-state index in [2.05, 4.69) is 12.2 Å². The molecule has 0 aliphatic carbocycles. The Morgan fingerprint density at radius 2 is 1.91 bits per heavy atom. The van der Waals surface area contributed by atoms with Gasteiger partial charge < -0.3 is 10.1 Å². The van der Waals surface area contributed by atoms with E-state index in [-0.39, 0.29) is 17.0 Å². The van der Waals surface area contributed by atoms with Gasteiger partial charge in [0.1, 0.15) is 27.5 Å². The van der Waals surface area contributed by atoms with Crippen molar-refractivity contribution in [3.8, 4) is 11.8 Å². The van der Waals surface area contributed by atoms with E-state index in [0.717, 1.165) is 30.6 Å². The van der Waals surface area contributed by atoms with Crippen LogP contribution < -0.4 is 15.6 Å². The highest BCUT2D eigenvalue weighted by Gasteiger charge is 2.32. The third-order valence-electron chi connectivity index (χ3n) is 5.94. The molecular weight excluding hydrogens is 480 g/mol. The van der Waals surface area contributed by atoms with Crippen molar-refractivity contribution in [1.29, 1.82) is 5.26 Å². The number of thiocarbonyl (C=S) groups is 1. The van der Waals surface area contributed by atoms with E-state index in [1.165, 1.54) is 11.8 Å². The molecule has 0 spiro atoms. The number of nitrogens with one attached hydrogen (secondary N) is 1. The van der Waals surface area contributed by atoms with Crippen LogP contribution in [0.1, 0.15) is 55.4 Å². The van der Waals surface area contributed by atoms with Crippen molar-refractivity contribution in [2.75, 3.05) is 19.0 Å². The van der Waals surface area contributed by atoms with Crippen molar-refractivity contribution in [2.45, 2.75) is 53.1 Å². The van der Waals surface area contributed by atoms with Crippen LogP contribution in [0.3, 0.4) is 0 Å². The lowest BCUT2D eigenvalue weighted by atomic mass is 10.0. The van der Waals surface area contributed by atoms with Gasteiger partial charge in [0, 0.05) is 25.2 Å². The first-order valence-electron chi connectivity index (χ1n) is 11.7. The maximum Gasteiger partial charge on any atom is 0.270 e.